The molecule has 2 N–H and O–H groups in total. The number of aliphatic hydroxyl groups excluding tert-OH is 1. The Hall–Kier alpha value is -2.36. The fraction of sp³-hybridized carbons (Fsp3) is 0.200. The van der Waals surface area contributed by atoms with Crippen molar-refractivity contribution in [2.45, 2.75) is 6.92 Å². The molecule has 0 unspecified atom stereocenters. The molecule has 0 aliphatic carbocycles. The lowest BCUT2D eigenvalue weighted by molar-refractivity contribution is 0.102. The third-order valence-corrected chi connectivity index (χ3v) is 3.28. The van der Waals surface area contributed by atoms with Crippen LogP contribution in [0, 0.1) is 11.8 Å². The fourth-order valence-corrected chi connectivity index (χ4v) is 2.30. The number of carbonyl (C=O) groups excluding carboxylic acids is 1. The molecule has 2 aromatic rings. The number of aromatic nitrogens is 1. The van der Waals surface area contributed by atoms with Crippen molar-refractivity contribution < 1.29 is 14.6 Å². The largest absolute Gasteiger partial charge is 0.493 e. The summed E-state index contributed by atoms with van der Waals surface area (Å²) in [6.45, 7) is 2.14. The molecule has 0 bridgehead atoms. The topological polar surface area (TPSA) is 71.5 Å². The molecule has 0 saturated carbocycles. The van der Waals surface area contributed by atoms with E-state index in [1.54, 1.807) is 24.4 Å². The van der Waals surface area contributed by atoms with E-state index in [9.17, 15) is 4.79 Å². The standard InChI is InChI=1S/C15H14N2O3S/c1-2-20-13-8-4-3-7-12(13)14(19)17-15-16-10-11(21-15)6-5-9-18/h3-4,7-8,10,18H,2,9H2,1H3,(H,16,17,19). The van der Waals surface area contributed by atoms with Crippen LogP contribution in [0.1, 0.15) is 22.2 Å². The zero-order valence-corrected chi connectivity index (χ0v) is 12.2. The Labute approximate surface area is 126 Å². The molecule has 0 radical (unpaired) electrons. The van der Waals surface area contributed by atoms with Crippen molar-refractivity contribution in [3.63, 3.8) is 0 Å². The van der Waals surface area contributed by atoms with Crippen LogP contribution >= 0.6 is 11.3 Å². The zero-order chi connectivity index (χ0) is 15.1. The highest BCUT2D eigenvalue weighted by Crippen LogP contribution is 2.22. The average Bonchev–Trinajstić information content (AvgIpc) is 2.93. The van der Waals surface area contributed by atoms with Gasteiger partial charge in [-0.25, -0.2) is 4.98 Å². The first-order valence-corrected chi connectivity index (χ1v) is 7.15. The number of carbonyl (C=O) groups is 1. The van der Waals surface area contributed by atoms with Crippen LogP contribution in [0.2, 0.25) is 0 Å². The number of aliphatic hydroxyl groups is 1. The third kappa shape index (κ3) is 4.05. The summed E-state index contributed by atoms with van der Waals surface area (Å²) in [7, 11) is 0. The number of rotatable bonds is 4. The van der Waals surface area contributed by atoms with Gasteiger partial charge in [0.1, 0.15) is 12.4 Å². The predicted molar refractivity (Wildman–Crippen MR) is 81.6 cm³/mol. The molecule has 21 heavy (non-hydrogen) atoms. The maximum Gasteiger partial charge on any atom is 0.261 e. The van der Waals surface area contributed by atoms with Crippen molar-refractivity contribution in [3.8, 4) is 17.6 Å². The maximum atomic E-state index is 12.2. The van der Waals surface area contributed by atoms with Crippen molar-refractivity contribution >= 4 is 22.4 Å². The molecule has 0 fully saturated rings. The van der Waals surface area contributed by atoms with Gasteiger partial charge in [0.05, 0.1) is 23.2 Å². The number of nitrogens with zero attached hydrogens (tertiary/aromatic N) is 1. The molecule has 108 valence electrons. The van der Waals surface area contributed by atoms with E-state index < -0.39 is 0 Å². The first kappa shape index (κ1) is 15.0. The summed E-state index contributed by atoms with van der Waals surface area (Å²) < 4.78 is 5.43. The van der Waals surface area contributed by atoms with Crippen LogP contribution in [0.15, 0.2) is 30.5 Å². The normalized spacial score (nSPS) is 9.62. The maximum absolute atomic E-state index is 12.2. The van der Waals surface area contributed by atoms with Crippen molar-refractivity contribution in [3.05, 3.63) is 40.9 Å². The predicted octanol–water partition coefficient (Wildman–Crippen LogP) is 2.14. The molecule has 1 aromatic heterocycles. The van der Waals surface area contributed by atoms with E-state index in [-0.39, 0.29) is 12.5 Å². The van der Waals surface area contributed by atoms with Crippen LogP contribution < -0.4 is 10.1 Å². The minimum Gasteiger partial charge on any atom is -0.493 e. The lowest BCUT2D eigenvalue weighted by atomic mass is 10.2. The Morgan fingerprint density at radius 1 is 1.48 bits per heavy atom. The van der Waals surface area contributed by atoms with Gasteiger partial charge in [0.15, 0.2) is 5.13 Å². The average molecular weight is 302 g/mol. The van der Waals surface area contributed by atoms with Gasteiger partial charge in [0, 0.05) is 0 Å². The van der Waals surface area contributed by atoms with E-state index >= 15 is 0 Å². The van der Waals surface area contributed by atoms with Gasteiger partial charge in [0.2, 0.25) is 0 Å². The van der Waals surface area contributed by atoms with E-state index in [0.29, 0.717) is 27.9 Å². The number of nitrogens with one attached hydrogen (secondary N) is 1. The molecule has 1 heterocycles. The highest BCUT2D eigenvalue weighted by Gasteiger charge is 2.13. The molecule has 6 heteroatoms. The van der Waals surface area contributed by atoms with E-state index in [2.05, 4.69) is 22.1 Å². The van der Waals surface area contributed by atoms with Crippen molar-refractivity contribution in [1.82, 2.24) is 4.98 Å². The van der Waals surface area contributed by atoms with Crippen molar-refractivity contribution in [2.24, 2.45) is 0 Å². The second-order valence-corrected chi connectivity index (χ2v) is 4.90. The number of hydrogen-bond acceptors (Lipinski definition) is 5. The van der Waals surface area contributed by atoms with Gasteiger partial charge in [-0.2, -0.15) is 0 Å². The molecular weight excluding hydrogens is 288 g/mol. The molecule has 0 aliphatic heterocycles. The Morgan fingerprint density at radius 3 is 3.05 bits per heavy atom. The fourth-order valence-electron chi connectivity index (χ4n) is 1.62. The van der Waals surface area contributed by atoms with Crippen LogP contribution in [0.3, 0.4) is 0 Å². The van der Waals surface area contributed by atoms with Crippen LogP contribution in [-0.2, 0) is 0 Å². The smallest absolute Gasteiger partial charge is 0.261 e. The Balaban J connectivity index is 2.13. The summed E-state index contributed by atoms with van der Waals surface area (Å²) >= 11 is 1.25. The second kappa shape index (κ2) is 7.43. The lowest BCUT2D eigenvalue weighted by Crippen LogP contribution is -2.13. The number of amides is 1. The summed E-state index contributed by atoms with van der Waals surface area (Å²) in [5.41, 5.74) is 0.456. The monoisotopic (exact) mass is 302 g/mol. The highest BCUT2D eigenvalue weighted by atomic mass is 32.1. The third-order valence-electron chi connectivity index (χ3n) is 2.45. The Bertz CT molecular complexity index is 685. The zero-order valence-electron chi connectivity index (χ0n) is 11.4. The summed E-state index contributed by atoms with van der Waals surface area (Å²) in [6.07, 6.45) is 1.55. The number of thiazole rings is 1. The van der Waals surface area contributed by atoms with Gasteiger partial charge in [-0.1, -0.05) is 35.3 Å². The Morgan fingerprint density at radius 2 is 2.29 bits per heavy atom. The summed E-state index contributed by atoms with van der Waals surface area (Å²) in [5.74, 6) is 5.53. The van der Waals surface area contributed by atoms with E-state index in [4.69, 9.17) is 9.84 Å². The first-order chi connectivity index (χ1) is 10.2. The Kier molecular flexibility index (Phi) is 5.32. The number of anilines is 1. The quantitative estimate of drug-likeness (QED) is 0.849. The SMILES string of the molecule is CCOc1ccccc1C(=O)Nc1ncc(C#CCO)s1. The minimum absolute atomic E-state index is 0.207. The van der Waals surface area contributed by atoms with Crippen LogP contribution in [-0.4, -0.2) is 29.2 Å². The van der Waals surface area contributed by atoms with Gasteiger partial charge in [-0.05, 0) is 19.1 Å². The lowest BCUT2D eigenvalue weighted by Gasteiger charge is -2.08. The first-order valence-electron chi connectivity index (χ1n) is 6.33. The molecule has 2 rings (SSSR count). The van der Waals surface area contributed by atoms with Crippen LogP contribution in [0.4, 0.5) is 5.13 Å². The molecule has 1 aromatic carbocycles. The van der Waals surface area contributed by atoms with Gasteiger partial charge < -0.3 is 9.84 Å². The summed E-state index contributed by atoms with van der Waals surface area (Å²) in [5, 5.41) is 11.8. The van der Waals surface area contributed by atoms with E-state index in [1.165, 1.54) is 11.3 Å². The molecule has 0 atom stereocenters. The number of benzene rings is 1. The molecule has 5 nitrogen and oxygen atoms in total. The highest BCUT2D eigenvalue weighted by molar-refractivity contribution is 7.16. The van der Waals surface area contributed by atoms with Crippen molar-refractivity contribution in [2.75, 3.05) is 18.5 Å². The number of hydrogen-bond donors (Lipinski definition) is 2. The molecular formula is C15H14N2O3S. The second-order valence-electron chi connectivity index (χ2n) is 3.87. The number of ether oxygens (including phenoxy) is 1. The molecule has 0 saturated heterocycles. The van der Waals surface area contributed by atoms with Gasteiger partial charge in [0.25, 0.3) is 5.91 Å². The van der Waals surface area contributed by atoms with Crippen LogP contribution in [0.25, 0.3) is 0 Å². The summed E-state index contributed by atoms with van der Waals surface area (Å²) in [6, 6.07) is 7.03. The summed E-state index contributed by atoms with van der Waals surface area (Å²) in [4.78, 5) is 17.0. The van der Waals surface area contributed by atoms with Crippen molar-refractivity contribution in [1.29, 1.82) is 0 Å². The minimum atomic E-state index is -0.282. The molecule has 0 aliphatic rings. The molecule has 0 spiro atoms. The van der Waals surface area contributed by atoms with Gasteiger partial charge in [-0.15, -0.1) is 0 Å². The number of para-hydroxylation sites is 1. The van der Waals surface area contributed by atoms with Gasteiger partial charge in [-0.3, -0.25) is 10.1 Å². The van der Waals surface area contributed by atoms with Crippen LogP contribution in [0.5, 0.6) is 5.75 Å². The van der Waals surface area contributed by atoms with E-state index in [0.717, 1.165) is 0 Å². The van der Waals surface area contributed by atoms with Gasteiger partial charge >= 0.3 is 0 Å². The molecule has 1 amide bonds. The van der Waals surface area contributed by atoms with E-state index in [1.807, 2.05) is 13.0 Å².